The van der Waals surface area contributed by atoms with E-state index in [4.69, 9.17) is 4.55 Å². The summed E-state index contributed by atoms with van der Waals surface area (Å²) in [5.74, 6) is 0. The number of hydrazone groups is 1. The third-order valence-electron chi connectivity index (χ3n) is 2.16. The van der Waals surface area contributed by atoms with Gasteiger partial charge >= 0.3 is 0 Å². The van der Waals surface area contributed by atoms with Gasteiger partial charge in [0, 0.05) is 18.3 Å². The zero-order valence-corrected chi connectivity index (χ0v) is 9.92. The van der Waals surface area contributed by atoms with Gasteiger partial charge in [-0.05, 0) is 20.8 Å². The van der Waals surface area contributed by atoms with E-state index in [1.165, 1.54) is 0 Å². The van der Waals surface area contributed by atoms with E-state index in [1.54, 1.807) is 11.6 Å². The predicted octanol–water partition coefficient (Wildman–Crippen LogP) is 0.487. The van der Waals surface area contributed by atoms with Crippen LogP contribution in [0.5, 0.6) is 0 Å². The molecular weight excluding hydrogens is 216 g/mol. The molecule has 2 N–H and O–H groups in total. The van der Waals surface area contributed by atoms with Crippen LogP contribution < -0.4 is 4.83 Å². The van der Waals surface area contributed by atoms with Crippen LogP contribution in [0.2, 0.25) is 0 Å². The summed E-state index contributed by atoms with van der Waals surface area (Å²) in [7, 11) is 1.84. The summed E-state index contributed by atoms with van der Waals surface area (Å²) in [5.41, 5.74) is 3.36. The van der Waals surface area contributed by atoms with Gasteiger partial charge in [-0.2, -0.15) is 10.2 Å². The molecule has 7 heteroatoms. The molecule has 0 aliphatic heterocycles. The number of hydrogen-bond acceptors (Lipinski definition) is 3. The highest BCUT2D eigenvalue weighted by atomic mass is 32.2. The quantitative estimate of drug-likeness (QED) is 0.450. The predicted molar refractivity (Wildman–Crippen MR) is 58.8 cm³/mol. The fourth-order valence-corrected chi connectivity index (χ4v) is 1.68. The van der Waals surface area contributed by atoms with Crippen LogP contribution in [0.1, 0.15) is 23.9 Å². The number of rotatable bonds is 3. The van der Waals surface area contributed by atoms with Crippen LogP contribution in [-0.2, 0) is 18.3 Å². The molecule has 15 heavy (non-hydrogen) atoms. The maximum Gasteiger partial charge on any atom is 0.275 e. The fourth-order valence-electron chi connectivity index (χ4n) is 1.46. The highest BCUT2D eigenvalue weighted by Crippen LogP contribution is 2.12. The van der Waals surface area contributed by atoms with Crippen molar-refractivity contribution < 1.29 is 8.76 Å². The molecule has 1 atom stereocenters. The molecule has 0 radical (unpaired) electrons. The lowest BCUT2D eigenvalue weighted by atomic mass is 10.1. The van der Waals surface area contributed by atoms with Gasteiger partial charge in [0.15, 0.2) is 0 Å². The van der Waals surface area contributed by atoms with E-state index in [-0.39, 0.29) is 0 Å². The number of nitrogens with one attached hydrogen (secondary N) is 1. The van der Waals surface area contributed by atoms with Crippen LogP contribution in [0, 0.1) is 13.8 Å². The Bertz CT molecular complexity index is 425. The second-order valence-electron chi connectivity index (χ2n) is 3.21. The molecule has 1 aromatic heterocycles. The SMILES string of the molecule is C/C(=N\NS(=O)O)c1c(C)nn(C)c1C. The van der Waals surface area contributed by atoms with Crippen molar-refractivity contribution in [3.63, 3.8) is 0 Å². The Labute approximate surface area is 90.8 Å². The summed E-state index contributed by atoms with van der Waals surface area (Å²) in [6, 6.07) is 0. The Balaban J connectivity index is 3.05. The van der Waals surface area contributed by atoms with Gasteiger partial charge in [0.2, 0.25) is 0 Å². The summed E-state index contributed by atoms with van der Waals surface area (Å²) in [5, 5.41) is 8.02. The largest absolute Gasteiger partial charge is 0.288 e. The van der Waals surface area contributed by atoms with Crippen molar-refractivity contribution in [1.82, 2.24) is 14.6 Å². The smallest absolute Gasteiger partial charge is 0.275 e. The van der Waals surface area contributed by atoms with Crippen molar-refractivity contribution in [3.8, 4) is 0 Å². The van der Waals surface area contributed by atoms with Crippen LogP contribution in [-0.4, -0.2) is 24.3 Å². The summed E-state index contributed by atoms with van der Waals surface area (Å²) in [4.78, 5) is 2.09. The number of hydrogen-bond donors (Lipinski definition) is 2. The minimum absolute atomic E-state index is 0.639. The zero-order chi connectivity index (χ0) is 11.6. The first-order valence-electron chi connectivity index (χ1n) is 4.35. The van der Waals surface area contributed by atoms with Gasteiger partial charge < -0.3 is 0 Å². The Morgan fingerprint density at radius 2 is 2.20 bits per heavy atom. The Morgan fingerprint density at radius 3 is 2.60 bits per heavy atom. The fraction of sp³-hybridized carbons (Fsp3) is 0.500. The monoisotopic (exact) mass is 230 g/mol. The summed E-state index contributed by atoms with van der Waals surface area (Å²) < 4.78 is 20.7. The molecule has 84 valence electrons. The van der Waals surface area contributed by atoms with Crippen LogP contribution >= 0.6 is 0 Å². The van der Waals surface area contributed by atoms with E-state index < -0.39 is 11.3 Å². The van der Waals surface area contributed by atoms with Crippen molar-refractivity contribution in [1.29, 1.82) is 0 Å². The van der Waals surface area contributed by atoms with E-state index >= 15 is 0 Å². The maximum atomic E-state index is 10.4. The molecule has 0 bridgehead atoms. The molecule has 1 heterocycles. The molecule has 1 rings (SSSR count). The third kappa shape index (κ3) is 2.63. The van der Waals surface area contributed by atoms with Gasteiger partial charge in [0.1, 0.15) is 0 Å². The molecule has 0 fully saturated rings. The zero-order valence-electron chi connectivity index (χ0n) is 9.11. The van der Waals surface area contributed by atoms with Crippen LogP contribution in [0.15, 0.2) is 5.10 Å². The first kappa shape index (κ1) is 11.9. The number of aryl methyl sites for hydroxylation is 2. The second-order valence-corrected chi connectivity index (χ2v) is 3.89. The minimum atomic E-state index is -2.13. The van der Waals surface area contributed by atoms with Crippen molar-refractivity contribution in [2.75, 3.05) is 0 Å². The molecule has 0 aliphatic rings. The molecule has 1 aromatic rings. The van der Waals surface area contributed by atoms with Gasteiger partial charge in [-0.25, -0.2) is 9.04 Å². The number of aromatic nitrogens is 2. The van der Waals surface area contributed by atoms with Crippen LogP contribution in [0.4, 0.5) is 0 Å². The molecular formula is C8H14N4O2S. The standard InChI is InChI=1S/C8H14N4O2S/c1-5(9-11-15(13)14)8-6(2)10-12(4)7(8)3/h11H,1-4H3,(H,13,14)/b9-5+. The van der Waals surface area contributed by atoms with Crippen LogP contribution in [0.25, 0.3) is 0 Å². The van der Waals surface area contributed by atoms with E-state index in [2.05, 4.69) is 15.0 Å². The summed E-state index contributed by atoms with van der Waals surface area (Å²) in [6.45, 7) is 5.55. The second kappa shape index (κ2) is 4.54. The van der Waals surface area contributed by atoms with Crippen LogP contribution in [0.3, 0.4) is 0 Å². The first-order valence-corrected chi connectivity index (χ1v) is 5.45. The lowest BCUT2D eigenvalue weighted by Gasteiger charge is -2.01. The van der Waals surface area contributed by atoms with Crippen molar-refractivity contribution >= 4 is 17.0 Å². The normalized spacial score (nSPS) is 14.1. The average Bonchev–Trinajstić information content (AvgIpc) is 2.37. The summed E-state index contributed by atoms with van der Waals surface area (Å²) in [6.07, 6.45) is 0. The molecule has 0 saturated carbocycles. The highest BCUT2D eigenvalue weighted by molar-refractivity contribution is 7.77. The van der Waals surface area contributed by atoms with E-state index in [1.807, 2.05) is 20.9 Å². The van der Waals surface area contributed by atoms with Gasteiger partial charge in [0.25, 0.3) is 11.3 Å². The highest BCUT2D eigenvalue weighted by Gasteiger charge is 2.11. The molecule has 0 amide bonds. The maximum absolute atomic E-state index is 10.4. The number of nitrogens with zero attached hydrogens (tertiary/aromatic N) is 3. The lowest BCUT2D eigenvalue weighted by molar-refractivity contribution is 0.552. The molecule has 0 aromatic carbocycles. The Hall–Kier alpha value is -1.21. The molecule has 0 saturated heterocycles. The van der Waals surface area contributed by atoms with E-state index in [0.717, 1.165) is 17.0 Å². The van der Waals surface area contributed by atoms with Gasteiger partial charge in [-0.3, -0.25) is 9.23 Å². The van der Waals surface area contributed by atoms with Crippen molar-refractivity contribution in [2.24, 2.45) is 12.1 Å². The Morgan fingerprint density at radius 1 is 1.60 bits per heavy atom. The van der Waals surface area contributed by atoms with Gasteiger partial charge in [-0.15, -0.1) is 0 Å². The van der Waals surface area contributed by atoms with Crippen molar-refractivity contribution in [3.05, 3.63) is 17.0 Å². The van der Waals surface area contributed by atoms with E-state index in [0.29, 0.717) is 5.71 Å². The lowest BCUT2D eigenvalue weighted by Crippen LogP contribution is -2.12. The van der Waals surface area contributed by atoms with Crippen molar-refractivity contribution in [2.45, 2.75) is 20.8 Å². The average molecular weight is 230 g/mol. The van der Waals surface area contributed by atoms with Gasteiger partial charge in [0.05, 0.1) is 11.4 Å². The molecule has 0 spiro atoms. The van der Waals surface area contributed by atoms with Gasteiger partial charge in [-0.1, -0.05) is 0 Å². The van der Waals surface area contributed by atoms with E-state index in [9.17, 15) is 4.21 Å². The Kier molecular flexibility index (Phi) is 3.59. The molecule has 0 aliphatic carbocycles. The molecule has 6 nitrogen and oxygen atoms in total. The topological polar surface area (TPSA) is 79.5 Å². The first-order chi connectivity index (χ1) is 6.93. The molecule has 1 unspecified atom stereocenters. The summed E-state index contributed by atoms with van der Waals surface area (Å²) >= 11 is -2.13. The third-order valence-corrected chi connectivity index (χ3v) is 2.41. The minimum Gasteiger partial charge on any atom is -0.288 e.